The van der Waals surface area contributed by atoms with E-state index in [2.05, 4.69) is 10.1 Å². The van der Waals surface area contributed by atoms with Crippen LogP contribution in [0.2, 0.25) is 5.02 Å². The fourth-order valence-corrected chi connectivity index (χ4v) is 2.28. The van der Waals surface area contributed by atoms with Crippen molar-refractivity contribution in [3.05, 3.63) is 63.5 Å². The Hall–Kier alpha value is -2.74. The van der Waals surface area contributed by atoms with Gasteiger partial charge in [0.25, 0.3) is 0 Å². The summed E-state index contributed by atoms with van der Waals surface area (Å²) >= 11 is 5.85. The van der Waals surface area contributed by atoms with Gasteiger partial charge >= 0.3 is 11.9 Å². The number of alkyl halides is 3. The molecule has 0 saturated heterocycles. The quantitative estimate of drug-likeness (QED) is 0.737. The number of nitrogens with one attached hydrogen (secondary N) is 1. The molecule has 2 aromatic carbocycles. The van der Waals surface area contributed by atoms with Crippen LogP contribution in [0.25, 0.3) is 17.1 Å². The number of phenolic OH excluding ortho intramolecular Hbond substituents is 1. The number of nitrogens with zero attached hydrogens (tertiary/aromatic N) is 2. The lowest BCUT2D eigenvalue weighted by atomic mass is 10.2. The molecule has 0 aliphatic heterocycles. The van der Waals surface area contributed by atoms with E-state index < -0.39 is 17.4 Å². The minimum Gasteiger partial charge on any atom is -0.507 e. The van der Waals surface area contributed by atoms with Crippen molar-refractivity contribution in [1.82, 2.24) is 14.8 Å². The van der Waals surface area contributed by atoms with Crippen LogP contribution in [0, 0.1) is 0 Å². The largest absolute Gasteiger partial charge is 0.507 e. The van der Waals surface area contributed by atoms with Gasteiger partial charge < -0.3 is 5.11 Å². The van der Waals surface area contributed by atoms with Gasteiger partial charge in [-0.15, -0.1) is 5.10 Å². The molecular formula is C15H9ClF3N3O2. The Labute approximate surface area is 137 Å². The summed E-state index contributed by atoms with van der Waals surface area (Å²) < 4.78 is 38.6. The molecule has 3 rings (SSSR count). The molecule has 0 aliphatic carbocycles. The number of aromatic hydroxyl groups is 1. The summed E-state index contributed by atoms with van der Waals surface area (Å²) in [6.45, 7) is 0. The minimum atomic E-state index is -4.47. The van der Waals surface area contributed by atoms with Crippen molar-refractivity contribution in [1.29, 1.82) is 0 Å². The number of aromatic nitrogens is 3. The van der Waals surface area contributed by atoms with E-state index >= 15 is 0 Å². The third-order valence-electron chi connectivity index (χ3n) is 3.27. The van der Waals surface area contributed by atoms with Crippen LogP contribution in [0.4, 0.5) is 13.2 Å². The maximum Gasteiger partial charge on any atom is 0.416 e. The second-order valence-corrected chi connectivity index (χ2v) is 5.33. The highest BCUT2D eigenvalue weighted by atomic mass is 35.5. The second kappa shape index (κ2) is 5.72. The Bertz CT molecular complexity index is 946. The van der Waals surface area contributed by atoms with Gasteiger partial charge in [0.15, 0.2) is 5.82 Å². The Balaban J connectivity index is 2.04. The molecule has 3 aromatic rings. The maximum absolute atomic E-state index is 12.6. The van der Waals surface area contributed by atoms with E-state index in [-0.39, 0.29) is 22.8 Å². The van der Waals surface area contributed by atoms with E-state index in [1.54, 1.807) is 0 Å². The van der Waals surface area contributed by atoms with Gasteiger partial charge in [0.2, 0.25) is 0 Å². The summed E-state index contributed by atoms with van der Waals surface area (Å²) in [4.78, 5) is 14.4. The first-order chi connectivity index (χ1) is 11.3. The molecule has 1 heterocycles. The standard InChI is InChI=1S/C15H9ClF3N3O2/c16-9-3-6-12(23)11(7-9)13-20-14(24)22(21-13)10-4-1-8(2-5-10)15(17,18)19/h1-7,23H,(H,20,21,24). The monoisotopic (exact) mass is 355 g/mol. The Morgan fingerprint density at radius 3 is 2.42 bits per heavy atom. The summed E-state index contributed by atoms with van der Waals surface area (Å²) in [6, 6.07) is 8.18. The van der Waals surface area contributed by atoms with E-state index in [0.29, 0.717) is 5.02 Å². The number of rotatable bonds is 2. The Morgan fingerprint density at radius 2 is 1.79 bits per heavy atom. The molecule has 2 N–H and O–H groups in total. The molecule has 124 valence electrons. The van der Waals surface area contributed by atoms with Crippen molar-refractivity contribution in [2.45, 2.75) is 6.18 Å². The molecule has 0 bridgehead atoms. The summed E-state index contributed by atoms with van der Waals surface area (Å²) in [5, 5.41) is 14.1. The summed E-state index contributed by atoms with van der Waals surface area (Å²) in [7, 11) is 0. The number of phenols is 1. The molecule has 24 heavy (non-hydrogen) atoms. The molecule has 5 nitrogen and oxygen atoms in total. The normalized spacial score (nSPS) is 11.7. The van der Waals surface area contributed by atoms with Gasteiger partial charge in [-0.05, 0) is 42.5 Å². The van der Waals surface area contributed by atoms with E-state index in [1.165, 1.54) is 18.2 Å². The zero-order valence-electron chi connectivity index (χ0n) is 11.8. The molecule has 0 spiro atoms. The number of benzene rings is 2. The van der Waals surface area contributed by atoms with Crippen molar-refractivity contribution in [3.63, 3.8) is 0 Å². The summed E-state index contributed by atoms with van der Waals surface area (Å²) in [5.41, 5.74) is -1.14. The highest BCUT2D eigenvalue weighted by Gasteiger charge is 2.30. The lowest BCUT2D eigenvalue weighted by molar-refractivity contribution is -0.137. The Morgan fingerprint density at radius 1 is 1.12 bits per heavy atom. The molecule has 1 aromatic heterocycles. The lowest BCUT2D eigenvalue weighted by Gasteiger charge is -2.07. The van der Waals surface area contributed by atoms with Crippen molar-refractivity contribution in [2.24, 2.45) is 0 Å². The highest BCUT2D eigenvalue weighted by Crippen LogP contribution is 2.30. The van der Waals surface area contributed by atoms with Gasteiger partial charge in [0.05, 0.1) is 16.8 Å². The van der Waals surface area contributed by atoms with Crippen molar-refractivity contribution in [3.8, 4) is 22.8 Å². The zero-order chi connectivity index (χ0) is 17.5. The van der Waals surface area contributed by atoms with Crippen LogP contribution in [0.1, 0.15) is 5.56 Å². The number of halogens is 4. The number of aromatic amines is 1. The van der Waals surface area contributed by atoms with Crippen LogP contribution in [0.3, 0.4) is 0 Å². The van der Waals surface area contributed by atoms with Gasteiger partial charge in [0, 0.05) is 5.02 Å². The van der Waals surface area contributed by atoms with E-state index in [0.717, 1.165) is 28.9 Å². The molecule has 0 fully saturated rings. The van der Waals surface area contributed by atoms with Crippen molar-refractivity contribution >= 4 is 11.6 Å². The summed E-state index contributed by atoms with van der Waals surface area (Å²) in [5.74, 6) is -0.104. The van der Waals surface area contributed by atoms with Crippen LogP contribution >= 0.6 is 11.6 Å². The predicted molar refractivity (Wildman–Crippen MR) is 81.3 cm³/mol. The molecule has 0 atom stereocenters. The first kappa shape index (κ1) is 16.1. The second-order valence-electron chi connectivity index (χ2n) is 4.90. The van der Waals surface area contributed by atoms with Crippen LogP contribution in [0.5, 0.6) is 5.75 Å². The van der Waals surface area contributed by atoms with Gasteiger partial charge in [-0.1, -0.05) is 11.6 Å². The molecule has 0 aliphatic rings. The van der Waals surface area contributed by atoms with Gasteiger partial charge in [-0.3, -0.25) is 4.98 Å². The fourth-order valence-electron chi connectivity index (χ4n) is 2.11. The van der Waals surface area contributed by atoms with Gasteiger partial charge in [-0.25, -0.2) is 4.79 Å². The fraction of sp³-hybridized carbons (Fsp3) is 0.0667. The third kappa shape index (κ3) is 3.00. The summed E-state index contributed by atoms with van der Waals surface area (Å²) in [6.07, 6.45) is -4.47. The smallest absolute Gasteiger partial charge is 0.416 e. The number of hydrogen-bond acceptors (Lipinski definition) is 3. The highest BCUT2D eigenvalue weighted by molar-refractivity contribution is 6.30. The topological polar surface area (TPSA) is 70.9 Å². The zero-order valence-corrected chi connectivity index (χ0v) is 12.6. The van der Waals surface area contributed by atoms with Crippen molar-refractivity contribution in [2.75, 3.05) is 0 Å². The predicted octanol–water partition coefficient (Wildman–Crippen LogP) is 3.61. The SMILES string of the molecule is O=c1[nH]c(-c2cc(Cl)ccc2O)nn1-c1ccc(C(F)(F)F)cc1. The Kier molecular flexibility index (Phi) is 3.84. The maximum atomic E-state index is 12.6. The molecule has 0 saturated carbocycles. The van der Waals surface area contributed by atoms with E-state index in [9.17, 15) is 23.1 Å². The number of hydrogen-bond donors (Lipinski definition) is 2. The molecule has 0 amide bonds. The van der Waals surface area contributed by atoms with E-state index in [1.807, 2.05) is 0 Å². The average molecular weight is 356 g/mol. The van der Waals surface area contributed by atoms with Crippen LogP contribution in [-0.2, 0) is 6.18 Å². The molecular weight excluding hydrogens is 347 g/mol. The molecule has 0 radical (unpaired) electrons. The van der Waals surface area contributed by atoms with Crippen LogP contribution < -0.4 is 5.69 Å². The molecule has 9 heteroatoms. The van der Waals surface area contributed by atoms with Crippen LogP contribution in [0.15, 0.2) is 47.3 Å². The first-order valence-corrected chi connectivity index (χ1v) is 6.99. The molecule has 0 unspecified atom stereocenters. The first-order valence-electron chi connectivity index (χ1n) is 6.61. The van der Waals surface area contributed by atoms with Gasteiger partial charge in [-0.2, -0.15) is 17.9 Å². The van der Waals surface area contributed by atoms with Crippen molar-refractivity contribution < 1.29 is 18.3 Å². The lowest BCUT2D eigenvalue weighted by Crippen LogP contribution is -2.16. The van der Waals surface area contributed by atoms with Gasteiger partial charge in [0.1, 0.15) is 5.75 Å². The average Bonchev–Trinajstić information content (AvgIpc) is 2.91. The number of H-pyrrole nitrogens is 1. The van der Waals surface area contributed by atoms with Crippen LogP contribution in [-0.4, -0.2) is 19.9 Å². The van der Waals surface area contributed by atoms with E-state index in [4.69, 9.17) is 11.6 Å². The third-order valence-corrected chi connectivity index (χ3v) is 3.51. The minimum absolute atomic E-state index is 0.0416.